The molecule has 2 rings (SSSR count). The summed E-state index contributed by atoms with van der Waals surface area (Å²) in [6.45, 7) is 3.94. The molecule has 116 valence electrons. The molecule has 1 N–H and O–H groups in total. The summed E-state index contributed by atoms with van der Waals surface area (Å²) in [5, 5.41) is 3.38. The molecule has 0 radical (unpaired) electrons. The maximum Gasteiger partial charge on any atom is 0.232 e. The second-order valence-electron chi connectivity index (χ2n) is 5.39. The van der Waals surface area contributed by atoms with Crippen molar-refractivity contribution >= 4 is 34.8 Å². The van der Waals surface area contributed by atoms with E-state index in [4.69, 9.17) is 23.2 Å². The lowest BCUT2D eigenvalue weighted by molar-refractivity contribution is -0.118. The van der Waals surface area contributed by atoms with Gasteiger partial charge in [0.2, 0.25) is 5.91 Å². The molecule has 1 atom stereocenters. The molecule has 0 aliphatic heterocycles. The molecule has 0 unspecified atom stereocenters. The van der Waals surface area contributed by atoms with Crippen LogP contribution in [0.3, 0.4) is 0 Å². The third-order valence-electron chi connectivity index (χ3n) is 3.37. The Kier molecular flexibility index (Phi) is 5.43. The van der Waals surface area contributed by atoms with E-state index in [-0.39, 0.29) is 22.8 Å². The molecule has 0 bridgehead atoms. The Morgan fingerprint density at radius 3 is 2.27 bits per heavy atom. The minimum atomic E-state index is -0.516. The molecule has 2 aromatic carbocycles. The third kappa shape index (κ3) is 3.99. The molecule has 0 saturated heterocycles. The molecular weight excluding hydrogens is 324 g/mol. The molecule has 0 aliphatic carbocycles. The number of carbonyl (C=O) groups is 1. The lowest BCUT2D eigenvalue weighted by Gasteiger charge is -2.21. The fourth-order valence-electron chi connectivity index (χ4n) is 2.30. The lowest BCUT2D eigenvalue weighted by Crippen LogP contribution is -2.25. The first-order chi connectivity index (χ1) is 10.4. The molecule has 1 amide bonds. The summed E-state index contributed by atoms with van der Waals surface area (Å²) >= 11 is 11.6. The summed E-state index contributed by atoms with van der Waals surface area (Å²) in [4.78, 5) is 12.6. The molecule has 0 saturated carbocycles. The van der Waals surface area contributed by atoms with Crippen molar-refractivity contribution in [2.45, 2.75) is 19.8 Å². The zero-order valence-electron chi connectivity index (χ0n) is 12.2. The highest BCUT2D eigenvalue weighted by Crippen LogP contribution is 2.28. The van der Waals surface area contributed by atoms with Crippen LogP contribution in [0.25, 0.3) is 0 Å². The quantitative estimate of drug-likeness (QED) is 0.781. The maximum atomic E-state index is 13.2. The van der Waals surface area contributed by atoms with Gasteiger partial charge in [0.1, 0.15) is 5.82 Å². The number of benzene rings is 2. The molecule has 2 nitrogen and oxygen atoms in total. The molecule has 0 spiro atoms. The highest BCUT2D eigenvalue weighted by Gasteiger charge is 2.24. The van der Waals surface area contributed by atoms with Crippen LogP contribution in [0.1, 0.15) is 25.3 Å². The van der Waals surface area contributed by atoms with E-state index < -0.39 is 5.82 Å². The second-order valence-corrected chi connectivity index (χ2v) is 6.24. The first-order valence-corrected chi connectivity index (χ1v) is 7.65. The molecule has 2 aromatic rings. The maximum absolute atomic E-state index is 13.2. The Hall–Kier alpha value is -1.58. The van der Waals surface area contributed by atoms with Gasteiger partial charge in [-0.2, -0.15) is 0 Å². The number of rotatable bonds is 4. The van der Waals surface area contributed by atoms with Gasteiger partial charge in [0.15, 0.2) is 0 Å². The summed E-state index contributed by atoms with van der Waals surface area (Å²) in [6.07, 6.45) is 0. The van der Waals surface area contributed by atoms with E-state index >= 15 is 0 Å². The van der Waals surface area contributed by atoms with Gasteiger partial charge < -0.3 is 5.32 Å². The zero-order chi connectivity index (χ0) is 16.3. The molecule has 0 heterocycles. The summed E-state index contributed by atoms with van der Waals surface area (Å²) < 4.78 is 13.2. The van der Waals surface area contributed by atoms with Gasteiger partial charge in [-0.05, 0) is 41.8 Å². The number of halogens is 3. The molecule has 0 fully saturated rings. The van der Waals surface area contributed by atoms with Crippen LogP contribution in [-0.2, 0) is 4.79 Å². The fraction of sp³-hybridized carbons (Fsp3) is 0.235. The van der Waals surface area contributed by atoms with E-state index in [9.17, 15) is 9.18 Å². The first kappa shape index (κ1) is 16.8. The van der Waals surface area contributed by atoms with Gasteiger partial charge in [-0.1, -0.05) is 49.2 Å². The zero-order valence-corrected chi connectivity index (χ0v) is 13.8. The summed E-state index contributed by atoms with van der Waals surface area (Å²) in [7, 11) is 0. The Labute approximate surface area is 139 Å². The van der Waals surface area contributed by atoms with Crippen LogP contribution in [0.15, 0.2) is 42.5 Å². The summed E-state index contributed by atoms with van der Waals surface area (Å²) in [6, 6.07) is 11.3. The molecule has 5 heteroatoms. The summed E-state index contributed by atoms with van der Waals surface area (Å²) in [5.74, 6) is -0.920. The Balaban J connectivity index is 2.23. The smallest absolute Gasteiger partial charge is 0.232 e. The van der Waals surface area contributed by atoms with Gasteiger partial charge in [0.05, 0.1) is 10.9 Å². The largest absolute Gasteiger partial charge is 0.325 e. The van der Waals surface area contributed by atoms with E-state index in [2.05, 4.69) is 5.32 Å². The number of nitrogens with one attached hydrogen (secondary N) is 1. The topological polar surface area (TPSA) is 29.1 Å². The molecule has 0 aliphatic rings. The van der Waals surface area contributed by atoms with Gasteiger partial charge in [-0.25, -0.2) is 4.39 Å². The van der Waals surface area contributed by atoms with Gasteiger partial charge >= 0.3 is 0 Å². The van der Waals surface area contributed by atoms with Crippen LogP contribution in [0.4, 0.5) is 10.1 Å². The normalized spacial score (nSPS) is 12.3. The number of anilines is 1. The third-order valence-corrected chi connectivity index (χ3v) is 3.91. The van der Waals surface area contributed by atoms with Crippen molar-refractivity contribution in [1.29, 1.82) is 0 Å². The van der Waals surface area contributed by atoms with Gasteiger partial charge in [0, 0.05) is 10.7 Å². The van der Waals surface area contributed by atoms with E-state index in [1.165, 1.54) is 18.2 Å². The van der Waals surface area contributed by atoms with E-state index in [1.54, 1.807) is 12.1 Å². The van der Waals surface area contributed by atoms with E-state index in [1.807, 2.05) is 26.0 Å². The SMILES string of the molecule is CC(C)[C@H](C(=O)Nc1ccc(F)c(Cl)c1)c1ccc(Cl)cc1. The Bertz CT molecular complexity index is 671. The predicted molar refractivity (Wildman–Crippen MR) is 89.1 cm³/mol. The van der Waals surface area contributed by atoms with Crippen molar-refractivity contribution in [3.05, 3.63) is 63.9 Å². The van der Waals surface area contributed by atoms with Crippen molar-refractivity contribution in [3.8, 4) is 0 Å². The standard InChI is InChI=1S/C17H16Cl2FNO/c1-10(2)16(11-3-5-12(18)6-4-11)17(22)21-13-7-8-15(20)14(19)9-13/h3-10,16H,1-2H3,(H,21,22)/t16-/m0/s1. The summed E-state index contributed by atoms with van der Waals surface area (Å²) in [5.41, 5.74) is 1.35. The number of amides is 1. The monoisotopic (exact) mass is 339 g/mol. The highest BCUT2D eigenvalue weighted by molar-refractivity contribution is 6.31. The second kappa shape index (κ2) is 7.12. The predicted octanol–water partition coefficient (Wildman–Crippen LogP) is 5.51. The van der Waals surface area contributed by atoms with Crippen LogP contribution >= 0.6 is 23.2 Å². The highest BCUT2D eigenvalue weighted by atomic mass is 35.5. The van der Waals surface area contributed by atoms with Gasteiger partial charge in [-0.3, -0.25) is 4.79 Å². The lowest BCUT2D eigenvalue weighted by atomic mass is 9.87. The van der Waals surface area contributed by atoms with Crippen molar-refractivity contribution in [2.24, 2.45) is 5.92 Å². The average molecular weight is 340 g/mol. The van der Waals surface area contributed by atoms with Crippen molar-refractivity contribution < 1.29 is 9.18 Å². The minimum absolute atomic E-state index is 0.0228. The average Bonchev–Trinajstić information content (AvgIpc) is 2.45. The minimum Gasteiger partial charge on any atom is -0.325 e. The van der Waals surface area contributed by atoms with Crippen molar-refractivity contribution in [1.82, 2.24) is 0 Å². The Morgan fingerprint density at radius 2 is 1.73 bits per heavy atom. The fourth-order valence-corrected chi connectivity index (χ4v) is 2.61. The van der Waals surface area contributed by atoms with Crippen LogP contribution in [0.2, 0.25) is 10.0 Å². The first-order valence-electron chi connectivity index (χ1n) is 6.90. The van der Waals surface area contributed by atoms with Crippen LogP contribution in [-0.4, -0.2) is 5.91 Å². The number of hydrogen-bond donors (Lipinski definition) is 1. The molecular formula is C17H16Cl2FNO. The number of hydrogen-bond acceptors (Lipinski definition) is 1. The molecule has 0 aromatic heterocycles. The van der Waals surface area contributed by atoms with Crippen LogP contribution in [0.5, 0.6) is 0 Å². The van der Waals surface area contributed by atoms with Gasteiger partial charge in [-0.15, -0.1) is 0 Å². The van der Waals surface area contributed by atoms with Crippen molar-refractivity contribution in [2.75, 3.05) is 5.32 Å². The van der Waals surface area contributed by atoms with Gasteiger partial charge in [0.25, 0.3) is 0 Å². The van der Waals surface area contributed by atoms with Crippen molar-refractivity contribution in [3.63, 3.8) is 0 Å². The number of carbonyl (C=O) groups excluding carboxylic acids is 1. The van der Waals surface area contributed by atoms with Crippen LogP contribution < -0.4 is 5.32 Å². The molecule has 22 heavy (non-hydrogen) atoms. The van der Waals surface area contributed by atoms with Crippen LogP contribution in [0, 0.1) is 11.7 Å². The Morgan fingerprint density at radius 1 is 1.09 bits per heavy atom. The van der Waals surface area contributed by atoms with E-state index in [0.29, 0.717) is 10.7 Å². The van der Waals surface area contributed by atoms with E-state index in [0.717, 1.165) is 5.56 Å².